The summed E-state index contributed by atoms with van der Waals surface area (Å²) in [6, 6.07) is 4.12. The Balaban J connectivity index is 2.19. The van der Waals surface area contributed by atoms with Crippen molar-refractivity contribution in [1.82, 2.24) is 4.90 Å². The number of amides is 1. The van der Waals surface area contributed by atoms with Crippen LogP contribution >= 0.6 is 0 Å². The molecular weight excluding hydrogens is 275 g/mol. The quantitative estimate of drug-likeness (QED) is 0.912. The summed E-state index contributed by atoms with van der Waals surface area (Å²) >= 11 is 0. The van der Waals surface area contributed by atoms with Gasteiger partial charge in [0.05, 0.1) is 18.8 Å². The smallest absolute Gasteiger partial charge is 0.257 e. The Bertz CT molecular complexity index is 510. The minimum atomic E-state index is -0.580. The molecular formula is C15H21FN2O3. The molecule has 0 saturated carbocycles. The van der Waals surface area contributed by atoms with Crippen LogP contribution in [0, 0.1) is 5.82 Å². The van der Waals surface area contributed by atoms with Gasteiger partial charge in [-0.3, -0.25) is 4.79 Å². The molecule has 0 aliphatic carbocycles. The number of rotatable bonds is 4. The van der Waals surface area contributed by atoms with Gasteiger partial charge in [0, 0.05) is 32.3 Å². The van der Waals surface area contributed by atoms with Crippen LogP contribution < -0.4 is 10.5 Å². The molecule has 6 heteroatoms. The van der Waals surface area contributed by atoms with Crippen molar-refractivity contribution < 1.29 is 18.7 Å². The van der Waals surface area contributed by atoms with E-state index in [2.05, 4.69) is 0 Å². The molecule has 2 N–H and O–H groups in total. The number of carbonyl (C=O) groups excluding carboxylic acids is 1. The first kappa shape index (κ1) is 15.7. The summed E-state index contributed by atoms with van der Waals surface area (Å²) in [5, 5.41) is 0. The highest BCUT2D eigenvalue weighted by atomic mass is 19.1. The molecule has 2 unspecified atom stereocenters. The normalized spacial score (nSPS) is 22.2. The van der Waals surface area contributed by atoms with Gasteiger partial charge in [0.2, 0.25) is 0 Å². The SMILES string of the molecule is COc1ccc(C(=O)N2CCC(OC)CC2CN)c(F)c1. The lowest BCUT2D eigenvalue weighted by Crippen LogP contribution is -2.51. The Labute approximate surface area is 123 Å². The van der Waals surface area contributed by atoms with Crippen LogP contribution in [0.15, 0.2) is 18.2 Å². The number of hydrogen-bond donors (Lipinski definition) is 1. The average molecular weight is 296 g/mol. The summed E-state index contributed by atoms with van der Waals surface area (Å²) < 4.78 is 24.3. The number of ether oxygens (including phenoxy) is 2. The first-order valence-corrected chi connectivity index (χ1v) is 6.98. The number of hydrogen-bond acceptors (Lipinski definition) is 4. The molecule has 1 heterocycles. The largest absolute Gasteiger partial charge is 0.497 e. The van der Waals surface area contributed by atoms with Gasteiger partial charge in [-0.1, -0.05) is 0 Å². The lowest BCUT2D eigenvalue weighted by Gasteiger charge is -2.38. The Hall–Kier alpha value is -1.66. The third-order valence-electron chi connectivity index (χ3n) is 3.94. The molecule has 0 radical (unpaired) electrons. The molecule has 1 aromatic rings. The first-order valence-electron chi connectivity index (χ1n) is 6.98. The highest BCUT2D eigenvalue weighted by Gasteiger charge is 2.32. The van der Waals surface area contributed by atoms with E-state index in [0.29, 0.717) is 25.3 Å². The van der Waals surface area contributed by atoms with E-state index in [4.69, 9.17) is 15.2 Å². The number of nitrogens with two attached hydrogens (primary N) is 1. The second-order valence-corrected chi connectivity index (χ2v) is 5.12. The minimum Gasteiger partial charge on any atom is -0.497 e. The highest BCUT2D eigenvalue weighted by Crippen LogP contribution is 2.24. The number of halogens is 1. The van der Waals surface area contributed by atoms with Crippen molar-refractivity contribution in [2.45, 2.75) is 25.0 Å². The van der Waals surface area contributed by atoms with Crippen molar-refractivity contribution in [1.29, 1.82) is 0 Å². The molecule has 2 rings (SSSR count). The van der Waals surface area contributed by atoms with Crippen molar-refractivity contribution in [2.24, 2.45) is 5.73 Å². The van der Waals surface area contributed by atoms with Crippen LogP contribution in [-0.4, -0.2) is 50.3 Å². The molecule has 0 bridgehead atoms. The molecule has 0 aromatic heterocycles. The predicted octanol–water partition coefficient (Wildman–Crippen LogP) is 1.41. The zero-order valence-corrected chi connectivity index (χ0v) is 12.3. The van der Waals surface area contributed by atoms with Gasteiger partial charge in [-0.15, -0.1) is 0 Å². The maximum Gasteiger partial charge on any atom is 0.257 e. The van der Waals surface area contributed by atoms with Gasteiger partial charge < -0.3 is 20.1 Å². The highest BCUT2D eigenvalue weighted by molar-refractivity contribution is 5.95. The van der Waals surface area contributed by atoms with Gasteiger partial charge in [-0.05, 0) is 25.0 Å². The number of nitrogens with zero attached hydrogens (tertiary/aromatic N) is 1. The van der Waals surface area contributed by atoms with Crippen LogP contribution in [0.2, 0.25) is 0 Å². The lowest BCUT2D eigenvalue weighted by atomic mass is 9.98. The van der Waals surface area contributed by atoms with Gasteiger partial charge in [0.1, 0.15) is 11.6 Å². The average Bonchev–Trinajstić information content (AvgIpc) is 2.53. The Morgan fingerprint density at radius 2 is 2.24 bits per heavy atom. The van der Waals surface area contributed by atoms with Gasteiger partial charge in [-0.25, -0.2) is 4.39 Å². The van der Waals surface area contributed by atoms with Crippen molar-refractivity contribution in [3.05, 3.63) is 29.6 Å². The summed E-state index contributed by atoms with van der Waals surface area (Å²) in [5.41, 5.74) is 5.79. The molecule has 116 valence electrons. The predicted molar refractivity (Wildman–Crippen MR) is 76.9 cm³/mol. The molecule has 1 amide bonds. The first-order chi connectivity index (χ1) is 10.1. The van der Waals surface area contributed by atoms with Gasteiger partial charge in [0.25, 0.3) is 5.91 Å². The maximum absolute atomic E-state index is 14.0. The molecule has 1 aliphatic rings. The third kappa shape index (κ3) is 3.33. The van der Waals surface area contributed by atoms with Crippen LogP contribution in [0.25, 0.3) is 0 Å². The second kappa shape index (κ2) is 6.87. The van der Waals surface area contributed by atoms with Crippen LogP contribution in [0.5, 0.6) is 5.75 Å². The summed E-state index contributed by atoms with van der Waals surface area (Å²) in [7, 11) is 3.11. The molecule has 21 heavy (non-hydrogen) atoms. The number of methoxy groups -OCH3 is 2. The van der Waals surface area contributed by atoms with Crippen LogP contribution in [0.1, 0.15) is 23.2 Å². The van der Waals surface area contributed by atoms with Gasteiger partial charge in [-0.2, -0.15) is 0 Å². The van der Waals surface area contributed by atoms with E-state index < -0.39 is 5.82 Å². The Kier molecular flexibility index (Phi) is 5.14. The van der Waals surface area contributed by atoms with E-state index in [1.807, 2.05) is 0 Å². The molecule has 0 spiro atoms. The van der Waals surface area contributed by atoms with E-state index in [9.17, 15) is 9.18 Å². The molecule has 1 saturated heterocycles. The van der Waals surface area contributed by atoms with Crippen molar-refractivity contribution in [2.75, 3.05) is 27.3 Å². The molecule has 1 fully saturated rings. The Morgan fingerprint density at radius 3 is 2.81 bits per heavy atom. The number of likely N-dealkylation sites (tertiary alicyclic amines) is 1. The van der Waals surface area contributed by atoms with Gasteiger partial charge >= 0.3 is 0 Å². The monoisotopic (exact) mass is 296 g/mol. The maximum atomic E-state index is 14.0. The zero-order chi connectivity index (χ0) is 15.4. The summed E-state index contributed by atoms with van der Waals surface area (Å²) in [6.07, 6.45) is 1.51. The molecule has 2 atom stereocenters. The van der Waals surface area contributed by atoms with Crippen LogP contribution in [-0.2, 0) is 4.74 Å². The van der Waals surface area contributed by atoms with Crippen LogP contribution in [0.3, 0.4) is 0 Å². The minimum absolute atomic E-state index is 0.0464. The fourth-order valence-corrected chi connectivity index (χ4v) is 2.67. The van der Waals surface area contributed by atoms with E-state index in [1.54, 1.807) is 18.1 Å². The van der Waals surface area contributed by atoms with E-state index in [-0.39, 0.29) is 23.6 Å². The second-order valence-electron chi connectivity index (χ2n) is 5.12. The van der Waals surface area contributed by atoms with Crippen LogP contribution in [0.4, 0.5) is 4.39 Å². The van der Waals surface area contributed by atoms with E-state index in [0.717, 1.165) is 6.42 Å². The number of benzene rings is 1. The fourth-order valence-electron chi connectivity index (χ4n) is 2.67. The summed E-state index contributed by atoms with van der Waals surface area (Å²) in [6.45, 7) is 0.855. The number of piperidine rings is 1. The van der Waals surface area contributed by atoms with E-state index in [1.165, 1.54) is 19.2 Å². The van der Waals surface area contributed by atoms with Crippen molar-refractivity contribution in [3.63, 3.8) is 0 Å². The van der Waals surface area contributed by atoms with Crippen molar-refractivity contribution in [3.8, 4) is 5.75 Å². The topological polar surface area (TPSA) is 64.8 Å². The number of carbonyl (C=O) groups is 1. The van der Waals surface area contributed by atoms with Crippen molar-refractivity contribution >= 4 is 5.91 Å². The fraction of sp³-hybridized carbons (Fsp3) is 0.533. The summed E-state index contributed by atoms with van der Waals surface area (Å²) in [4.78, 5) is 14.2. The third-order valence-corrected chi connectivity index (χ3v) is 3.94. The summed E-state index contributed by atoms with van der Waals surface area (Å²) in [5.74, 6) is -0.526. The van der Waals surface area contributed by atoms with Gasteiger partial charge in [0.15, 0.2) is 0 Å². The van der Waals surface area contributed by atoms with E-state index >= 15 is 0 Å². The zero-order valence-electron chi connectivity index (χ0n) is 12.3. The lowest BCUT2D eigenvalue weighted by molar-refractivity contribution is 0.0137. The molecule has 1 aliphatic heterocycles. The Morgan fingerprint density at radius 1 is 1.48 bits per heavy atom. The standard InChI is InChI=1S/C15H21FN2O3/c1-20-11-3-4-13(14(16)8-11)15(19)18-6-5-12(21-2)7-10(18)9-17/h3-4,8,10,12H,5-7,9,17H2,1-2H3. The molecule has 1 aromatic carbocycles. The molecule has 5 nitrogen and oxygen atoms in total.